The van der Waals surface area contributed by atoms with Crippen molar-refractivity contribution in [2.75, 3.05) is 0 Å². The van der Waals surface area contributed by atoms with Crippen LogP contribution in [0, 0.1) is 0 Å². The monoisotopic (exact) mass is 264 g/mol. The summed E-state index contributed by atoms with van der Waals surface area (Å²) in [6.45, 7) is 4.55. The number of benzene rings is 1. The highest BCUT2D eigenvalue weighted by Crippen LogP contribution is 2.20. The summed E-state index contributed by atoms with van der Waals surface area (Å²) in [6.07, 6.45) is 1.66. The van der Waals surface area contributed by atoms with Gasteiger partial charge in [-0.05, 0) is 17.7 Å². The van der Waals surface area contributed by atoms with Crippen molar-refractivity contribution in [3.8, 4) is 5.69 Å². The maximum absolute atomic E-state index is 6.17. The van der Waals surface area contributed by atoms with Gasteiger partial charge in [0, 0.05) is 24.4 Å². The Balaban J connectivity index is 2.47. The van der Waals surface area contributed by atoms with Gasteiger partial charge in [-0.15, -0.1) is 0 Å². The molecular weight excluding hydrogens is 248 g/mol. The standard InChI is InChI=1S/C13H17ClN4/c1-3-12-16-13(4-2)18(17-12)10-6-5-9(8-15)11(14)7-10/h5-7H,3-4,8,15H2,1-2H3. The minimum Gasteiger partial charge on any atom is -0.326 e. The van der Waals surface area contributed by atoms with Gasteiger partial charge in [-0.2, -0.15) is 5.10 Å². The van der Waals surface area contributed by atoms with Gasteiger partial charge in [0.05, 0.1) is 5.69 Å². The fourth-order valence-electron chi connectivity index (χ4n) is 1.81. The van der Waals surface area contributed by atoms with Crippen molar-refractivity contribution < 1.29 is 0 Å². The molecule has 0 amide bonds. The molecule has 2 aromatic rings. The molecule has 0 aliphatic carbocycles. The summed E-state index contributed by atoms with van der Waals surface area (Å²) in [4.78, 5) is 4.48. The SMILES string of the molecule is CCc1nc(CC)n(-c2ccc(CN)c(Cl)c2)n1. The largest absolute Gasteiger partial charge is 0.326 e. The average Bonchev–Trinajstić information content (AvgIpc) is 2.82. The molecule has 0 aliphatic heterocycles. The molecule has 0 bridgehead atoms. The Labute approximate surface area is 112 Å². The van der Waals surface area contributed by atoms with Gasteiger partial charge in [-0.3, -0.25) is 0 Å². The lowest BCUT2D eigenvalue weighted by Gasteiger charge is -2.07. The Morgan fingerprint density at radius 3 is 2.61 bits per heavy atom. The van der Waals surface area contributed by atoms with Crippen LogP contribution in [-0.4, -0.2) is 14.8 Å². The third-order valence-corrected chi connectivity index (χ3v) is 3.20. The Morgan fingerprint density at radius 1 is 1.28 bits per heavy atom. The first-order valence-electron chi connectivity index (χ1n) is 6.13. The highest BCUT2D eigenvalue weighted by molar-refractivity contribution is 6.31. The molecule has 0 atom stereocenters. The molecule has 18 heavy (non-hydrogen) atoms. The van der Waals surface area contributed by atoms with E-state index in [1.807, 2.05) is 29.8 Å². The van der Waals surface area contributed by atoms with Crippen molar-refractivity contribution >= 4 is 11.6 Å². The quantitative estimate of drug-likeness (QED) is 0.923. The Morgan fingerprint density at radius 2 is 2.06 bits per heavy atom. The van der Waals surface area contributed by atoms with Crippen LogP contribution >= 0.6 is 11.6 Å². The number of aryl methyl sites for hydroxylation is 2. The predicted molar refractivity (Wildman–Crippen MR) is 73.0 cm³/mol. The number of nitrogens with two attached hydrogens (primary N) is 1. The fourth-order valence-corrected chi connectivity index (χ4v) is 2.06. The van der Waals surface area contributed by atoms with Crippen molar-refractivity contribution in [2.45, 2.75) is 33.2 Å². The normalized spacial score (nSPS) is 10.9. The molecule has 0 spiro atoms. The minimum absolute atomic E-state index is 0.442. The second-order valence-electron chi connectivity index (χ2n) is 4.04. The number of hydrogen-bond donors (Lipinski definition) is 1. The molecule has 2 rings (SSSR count). The van der Waals surface area contributed by atoms with E-state index in [1.165, 1.54) is 0 Å². The van der Waals surface area contributed by atoms with Crippen LogP contribution in [0.5, 0.6) is 0 Å². The average molecular weight is 265 g/mol. The first-order valence-corrected chi connectivity index (χ1v) is 6.51. The van der Waals surface area contributed by atoms with Crippen LogP contribution in [0.4, 0.5) is 0 Å². The van der Waals surface area contributed by atoms with Crippen molar-refractivity contribution in [1.82, 2.24) is 14.8 Å². The van der Waals surface area contributed by atoms with Crippen LogP contribution in [0.1, 0.15) is 31.1 Å². The molecule has 5 heteroatoms. The number of nitrogens with zero attached hydrogens (tertiary/aromatic N) is 3. The number of hydrogen-bond acceptors (Lipinski definition) is 3. The summed E-state index contributed by atoms with van der Waals surface area (Å²) in [5.41, 5.74) is 7.47. The van der Waals surface area contributed by atoms with E-state index in [0.717, 1.165) is 35.7 Å². The highest BCUT2D eigenvalue weighted by atomic mass is 35.5. The molecule has 2 N–H and O–H groups in total. The van der Waals surface area contributed by atoms with Crippen LogP contribution in [0.2, 0.25) is 5.02 Å². The zero-order valence-corrected chi connectivity index (χ0v) is 11.4. The first kappa shape index (κ1) is 13.1. The van der Waals surface area contributed by atoms with E-state index in [4.69, 9.17) is 17.3 Å². The lowest BCUT2D eigenvalue weighted by atomic mass is 10.2. The van der Waals surface area contributed by atoms with Crippen molar-refractivity contribution in [1.29, 1.82) is 0 Å². The molecule has 0 fully saturated rings. The maximum atomic E-state index is 6.17. The molecule has 0 aliphatic rings. The third-order valence-electron chi connectivity index (χ3n) is 2.85. The van der Waals surface area contributed by atoms with E-state index < -0.39 is 0 Å². The molecule has 0 saturated heterocycles. The molecular formula is C13H17ClN4. The maximum Gasteiger partial charge on any atom is 0.151 e. The van der Waals surface area contributed by atoms with Gasteiger partial charge in [0.25, 0.3) is 0 Å². The van der Waals surface area contributed by atoms with Gasteiger partial charge >= 0.3 is 0 Å². The van der Waals surface area contributed by atoms with Crippen LogP contribution < -0.4 is 5.73 Å². The van der Waals surface area contributed by atoms with Crippen LogP contribution in [0.15, 0.2) is 18.2 Å². The number of rotatable bonds is 4. The van der Waals surface area contributed by atoms with E-state index in [9.17, 15) is 0 Å². The van der Waals surface area contributed by atoms with Crippen molar-refractivity contribution in [2.24, 2.45) is 5.73 Å². The minimum atomic E-state index is 0.442. The van der Waals surface area contributed by atoms with E-state index in [0.29, 0.717) is 11.6 Å². The van der Waals surface area contributed by atoms with Gasteiger partial charge in [0.1, 0.15) is 5.82 Å². The Bertz CT molecular complexity index is 548. The van der Waals surface area contributed by atoms with Crippen LogP contribution in [0.3, 0.4) is 0 Å². The second-order valence-corrected chi connectivity index (χ2v) is 4.45. The van der Waals surface area contributed by atoms with E-state index in [2.05, 4.69) is 17.0 Å². The van der Waals surface area contributed by atoms with Gasteiger partial charge in [0.15, 0.2) is 5.82 Å². The molecule has 1 aromatic carbocycles. The van der Waals surface area contributed by atoms with Crippen molar-refractivity contribution in [3.63, 3.8) is 0 Å². The summed E-state index contributed by atoms with van der Waals surface area (Å²) in [5.74, 6) is 1.80. The molecule has 1 aromatic heterocycles. The van der Waals surface area contributed by atoms with Gasteiger partial charge < -0.3 is 5.73 Å². The molecule has 4 nitrogen and oxygen atoms in total. The van der Waals surface area contributed by atoms with Crippen molar-refractivity contribution in [3.05, 3.63) is 40.4 Å². The lowest BCUT2D eigenvalue weighted by Crippen LogP contribution is -2.04. The predicted octanol–water partition coefficient (Wildman–Crippen LogP) is 2.50. The fraction of sp³-hybridized carbons (Fsp3) is 0.385. The summed E-state index contributed by atoms with van der Waals surface area (Å²) in [5, 5.41) is 5.15. The zero-order valence-electron chi connectivity index (χ0n) is 10.7. The zero-order chi connectivity index (χ0) is 13.1. The smallest absolute Gasteiger partial charge is 0.151 e. The highest BCUT2D eigenvalue weighted by Gasteiger charge is 2.10. The molecule has 1 heterocycles. The Kier molecular flexibility index (Phi) is 3.99. The summed E-state index contributed by atoms with van der Waals surface area (Å²) in [7, 11) is 0. The first-order chi connectivity index (χ1) is 8.69. The molecule has 0 radical (unpaired) electrons. The second kappa shape index (κ2) is 5.50. The number of aromatic nitrogens is 3. The van der Waals surface area contributed by atoms with E-state index in [1.54, 1.807) is 0 Å². The lowest BCUT2D eigenvalue weighted by molar-refractivity contribution is 0.790. The molecule has 0 saturated carbocycles. The Hall–Kier alpha value is -1.39. The van der Waals surface area contributed by atoms with Crippen LogP contribution in [0.25, 0.3) is 5.69 Å². The third kappa shape index (κ3) is 2.40. The van der Waals surface area contributed by atoms with Gasteiger partial charge in [-0.25, -0.2) is 9.67 Å². The molecule has 96 valence electrons. The summed E-state index contributed by atoms with van der Waals surface area (Å²) in [6, 6.07) is 5.79. The molecule has 0 unspecified atom stereocenters. The summed E-state index contributed by atoms with van der Waals surface area (Å²) < 4.78 is 1.85. The van der Waals surface area contributed by atoms with Crippen LogP contribution in [-0.2, 0) is 19.4 Å². The van der Waals surface area contributed by atoms with E-state index >= 15 is 0 Å². The summed E-state index contributed by atoms with van der Waals surface area (Å²) >= 11 is 6.17. The van der Waals surface area contributed by atoms with Gasteiger partial charge in [0.2, 0.25) is 0 Å². The number of halogens is 1. The topological polar surface area (TPSA) is 56.7 Å². The van der Waals surface area contributed by atoms with E-state index in [-0.39, 0.29) is 0 Å². The van der Waals surface area contributed by atoms with Gasteiger partial charge in [-0.1, -0.05) is 31.5 Å².